The third-order valence-electron chi connectivity index (χ3n) is 5.08. The Morgan fingerprint density at radius 1 is 0.903 bits per heavy atom. The molecule has 0 saturated heterocycles. The van der Waals surface area contributed by atoms with Gasteiger partial charge in [0.05, 0.1) is 18.7 Å². The molecule has 3 aromatic carbocycles. The van der Waals surface area contributed by atoms with Crippen molar-refractivity contribution in [2.45, 2.75) is 32.3 Å². The zero-order valence-electron chi connectivity index (χ0n) is 18.0. The Hall–Kier alpha value is -3.60. The largest absolute Gasteiger partial charge is 0.495 e. The Balaban J connectivity index is 1.88. The molecule has 3 aromatic rings. The van der Waals surface area contributed by atoms with Crippen molar-refractivity contribution in [3.63, 3.8) is 0 Å². The number of rotatable bonds is 8. The molecule has 2 atom stereocenters. The summed E-state index contributed by atoms with van der Waals surface area (Å²) in [6.45, 7) is 3.85. The van der Waals surface area contributed by atoms with E-state index in [1.165, 1.54) is 0 Å². The van der Waals surface area contributed by atoms with Crippen LogP contribution in [0.4, 0.5) is 5.69 Å². The summed E-state index contributed by atoms with van der Waals surface area (Å²) in [5.41, 5.74) is 2.96. The van der Waals surface area contributed by atoms with Crippen LogP contribution in [-0.4, -0.2) is 19.0 Å². The fraction of sp³-hybridized carbons (Fsp3) is 0.231. The third-order valence-corrected chi connectivity index (χ3v) is 5.08. The maximum absolute atomic E-state index is 13.2. The van der Waals surface area contributed by atoms with Gasteiger partial charge < -0.3 is 14.8 Å². The number of nitrogens with one attached hydrogen (secondary N) is 1. The summed E-state index contributed by atoms with van der Waals surface area (Å²) >= 11 is 0. The molecule has 0 aliphatic heterocycles. The van der Waals surface area contributed by atoms with Gasteiger partial charge in [-0.15, -0.1) is 0 Å². The minimum atomic E-state index is -1.09. The number of hydrogen-bond donors (Lipinski definition) is 1. The number of aryl methyl sites for hydroxylation is 1. The van der Waals surface area contributed by atoms with Crippen LogP contribution >= 0.6 is 0 Å². The monoisotopic (exact) mass is 417 g/mol. The van der Waals surface area contributed by atoms with Gasteiger partial charge in [-0.05, 0) is 36.6 Å². The first-order chi connectivity index (χ1) is 15.0. The van der Waals surface area contributed by atoms with E-state index in [0.29, 0.717) is 23.4 Å². The SMILES string of the molecule is CC[C@H](C(=O)O[C@@H](C(=O)Nc1cc(C)ccc1OC)c1ccccc1)c1ccccc1. The van der Waals surface area contributed by atoms with Crippen molar-refractivity contribution in [2.75, 3.05) is 12.4 Å². The van der Waals surface area contributed by atoms with E-state index in [1.807, 2.05) is 74.5 Å². The summed E-state index contributed by atoms with van der Waals surface area (Å²) in [5.74, 6) is -0.790. The molecule has 0 aliphatic rings. The summed E-state index contributed by atoms with van der Waals surface area (Å²) in [4.78, 5) is 26.3. The molecule has 3 rings (SSSR count). The minimum Gasteiger partial charge on any atom is -0.495 e. The average Bonchev–Trinajstić information content (AvgIpc) is 2.79. The smallest absolute Gasteiger partial charge is 0.314 e. The Bertz CT molecular complexity index is 1020. The number of amides is 1. The van der Waals surface area contributed by atoms with E-state index in [-0.39, 0.29) is 0 Å². The molecule has 0 bridgehead atoms. The number of hydrogen-bond acceptors (Lipinski definition) is 4. The van der Waals surface area contributed by atoms with Crippen LogP contribution in [0.25, 0.3) is 0 Å². The second kappa shape index (κ2) is 10.4. The number of benzene rings is 3. The summed E-state index contributed by atoms with van der Waals surface area (Å²) in [5, 5.41) is 2.86. The normalized spacial score (nSPS) is 12.5. The van der Waals surface area contributed by atoms with Gasteiger partial charge in [0.15, 0.2) is 0 Å². The van der Waals surface area contributed by atoms with Gasteiger partial charge in [0.1, 0.15) is 5.75 Å². The summed E-state index contributed by atoms with van der Waals surface area (Å²) < 4.78 is 11.1. The van der Waals surface area contributed by atoms with Crippen LogP contribution in [0.1, 0.15) is 42.1 Å². The Morgan fingerprint density at radius 3 is 2.10 bits per heavy atom. The van der Waals surface area contributed by atoms with Crippen LogP contribution in [0, 0.1) is 6.92 Å². The summed E-state index contributed by atoms with van der Waals surface area (Å²) in [7, 11) is 1.54. The van der Waals surface area contributed by atoms with Gasteiger partial charge >= 0.3 is 5.97 Å². The van der Waals surface area contributed by atoms with E-state index in [2.05, 4.69) is 5.32 Å². The van der Waals surface area contributed by atoms with Crippen molar-refractivity contribution in [2.24, 2.45) is 0 Å². The van der Waals surface area contributed by atoms with Crippen molar-refractivity contribution < 1.29 is 19.1 Å². The molecule has 0 aliphatic carbocycles. The van der Waals surface area contributed by atoms with E-state index in [1.54, 1.807) is 25.3 Å². The second-order valence-corrected chi connectivity index (χ2v) is 7.29. The van der Waals surface area contributed by atoms with Crippen LogP contribution in [0.5, 0.6) is 5.75 Å². The molecule has 31 heavy (non-hydrogen) atoms. The van der Waals surface area contributed by atoms with Crippen molar-refractivity contribution in [1.29, 1.82) is 0 Å². The van der Waals surface area contributed by atoms with Gasteiger partial charge in [-0.3, -0.25) is 9.59 Å². The Kier molecular flexibility index (Phi) is 7.44. The van der Waals surface area contributed by atoms with E-state index < -0.39 is 23.9 Å². The lowest BCUT2D eigenvalue weighted by atomic mass is 9.96. The highest BCUT2D eigenvalue weighted by molar-refractivity contribution is 5.97. The topological polar surface area (TPSA) is 64.6 Å². The van der Waals surface area contributed by atoms with Crippen molar-refractivity contribution >= 4 is 17.6 Å². The third kappa shape index (κ3) is 5.51. The van der Waals surface area contributed by atoms with Crippen LogP contribution in [0.2, 0.25) is 0 Å². The fourth-order valence-corrected chi connectivity index (χ4v) is 3.44. The van der Waals surface area contributed by atoms with Gasteiger partial charge in [0, 0.05) is 5.56 Å². The Labute approximate surface area is 183 Å². The lowest BCUT2D eigenvalue weighted by molar-refractivity contribution is -0.156. The average molecular weight is 418 g/mol. The van der Waals surface area contributed by atoms with Gasteiger partial charge in [-0.25, -0.2) is 0 Å². The van der Waals surface area contributed by atoms with Crippen LogP contribution in [0.15, 0.2) is 78.9 Å². The van der Waals surface area contributed by atoms with Crippen molar-refractivity contribution in [3.8, 4) is 5.75 Å². The lowest BCUT2D eigenvalue weighted by Crippen LogP contribution is -2.28. The number of methoxy groups -OCH3 is 1. The first kappa shape index (κ1) is 22.1. The molecule has 0 radical (unpaired) electrons. The molecule has 0 saturated carbocycles. The van der Waals surface area contributed by atoms with E-state index in [4.69, 9.17) is 9.47 Å². The maximum Gasteiger partial charge on any atom is 0.314 e. The number of carbonyl (C=O) groups excluding carboxylic acids is 2. The zero-order chi connectivity index (χ0) is 22.2. The second-order valence-electron chi connectivity index (χ2n) is 7.29. The number of ether oxygens (including phenoxy) is 2. The van der Waals surface area contributed by atoms with E-state index >= 15 is 0 Å². The molecule has 1 N–H and O–H groups in total. The Morgan fingerprint density at radius 2 is 1.52 bits per heavy atom. The zero-order valence-corrected chi connectivity index (χ0v) is 18.0. The quantitative estimate of drug-likeness (QED) is 0.497. The summed E-state index contributed by atoms with van der Waals surface area (Å²) in [6.07, 6.45) is -0.519. The molecule has 160 valence electrons. The highest BCUT2D eigenvalue weighted by Crippen LogP contribution is 2.29. The molecule has 0 unspecified atom stereocenters. The van der Waals surface area contributed by atoms with Gasteiger partial charge in [0.2, 0.25) is 6.10 Å². The number of carbonyl (C=O) groups is 2. The van der Waals surface area contributed by atoms with Crippen molar-refractivity contribution in [3.05, 3.63) is 95.6 Å². The predicted octanol–water partition coefficient (Wildman–Crippen LogP) is 5.42. The molecule has 0 heterocycles. The lowest BCUT2D eigenvalue weighted by Gasteiger charge is -2.22. The molecule has 0 fully saturated rings. The fourth-order valence-electron chi connectivity index (χ4n) is 3.44. The van der Waals surface area contributed by atoms with Crippen LogP contribution in [0.3, 0.4) is 0 Å². The molecule has 0 spiro atoms. The molecular weight excluding hydrogens is 390 g/mol. The standard InChI is InChI=1S/C26H27NO4/c1-4-21(19-11-7-5-8-12-19)26(29)31-24(20-13-9-6-10-14-20)25(28)27-22-17-18(2)15-16-23(22)30-3/h5-17,21,24H,4H2,1-3H3,(H,27,28)/t21-,24+/m0/s1. The molecule has 1 amide bonds. The molecule has 0 aromatic heterocycles. The van der Waals surface area contributed by atoms with Gasteiger partial charge in [-0.2, -0.15) is 0 Å². The number of anilines is 1. The predicted molar refractivity (Wildman–Crippen MR) is 121 cm³/mol. The van der Waals surface area contributed by atoms with Gasteiger partial charge in [0.25, 0.3) is 5.91 Å². The maximum atomic E-state index is 13.2. The molecular formula is C26H27NO4. The summed E-state index contributed by atoms with van der Waals surface area (Å²) in [6, 6.07) is 24.0. The highest BCUT2D eigenvalue weighted by Gasteiger charge is 2.29. The first-order valence-corrected chi connectivity index (χ1v) is 10.3. The van der Waals surface area contributed by atoms with Crippen LogP contribution in [-0.2, 0) is 14.3 Å². The van der Waals surface area contributed by atoms with Gasteiger partial charge in [-0.1, -0.05) is 73.7 Å². The van der Waals surface area contributed by atoms with E-state index in [0.717, 1.165) is 11.1 Å². The van der Waals surface area contributed by atoms with E-state index in [9.17, 15) is 9.59 Å². The highest BCUT2D eigenvalue weighted by atomic mass is 16.5. The molecule has 5 nitrogen and oxygen atoms in total. The minimum absolute atomic E-state index is 0.436. The number of esters is 1. The first-order valence-electron chi connectivity index (χ1n) is 10.3. The van der Waals surface area contributed by atoms with Crippen LogP contribution < -0.4 is 10.1 Å². The molecule has 5 heteroatoms. The van der Waals surface area contributed by atoms with Crippen molar-refractivity contribution in [1.82, 2.24) is 0 Å².